The van der Waals surface area contributed by atoms with Gasteiger partial charge in [0.2, 0.25) is 5.91 Å². The lowest BCUT2D eigenvalue weighted by molar-refractivity contribution is -0.121. The summed E-state index contributed by atoms with van der Waals surface area (Å²) in [6, 6.07) is 6.42. The molecular weight excluding hydrogens is 276 g/mol. The Kier molecular flexibility index (Phi) is 6.16. The van der Waals surface area contributed by atoms with Gasteiger partial charge >= 0.3 is 0 Å². The summed E-state index contributed by atoms with van der Waals surface area (Å²) in [4.78, 5) is 12.0. The first-order valence-electron chi connectivity index (χ1n) is 6.64. The van der Waals surface area contributed by atoms with Crippen LogP contribution in [0.1, 0.15) is 37.8 Å². The second kappa shape index (κ2) is 7.40. The molecule has 0 spiro atoms. The highest BCUT2D eigenvalue weighted by molar-refractivity contribution is 7.90. The number of carbonyl (C=O) groups excluding carboxylic acids is 1. The molecular formula is C14H22N2O3S. The lowest BCUT2D eigenvalue weighted by Gasteiger charge is -2.14. The summed E-state index contributed by atoms with van der Waals surface area (Å²) < 4.78 is 22.7. The quantitative estimate of drug-likeness (QED) is 0.745. The van der Waals surface area contributed by atoms with Crippen molar-refractivity contribution in [3.63, 3.8) is 0 Å². The van der Waals surface area contributed by atoms with Gasteiger partial charge in [0.25, 0.3) is 0 Å². The maximum Gasteiger partial charge on any atom is 0.220 e. The third-order valence-electron chi connectivity index (χ3n) is 3.04. The summed E-state index contributed by atoms with van der Waals surface area (Å²) in [6.07, 6.45) is 3.25. The van der Waals surface area contributed by atoms with Crippen LogP contribution in [0.2, 0.25) is 0 Å². The van der Waals surface area contributed by atoms with Crippen LogP contribution in [-0.4, -0.2) is 27.1 Å². The van der Waals surface area contributed by atoms with Crippen LogP contribution in [-0.2, 0) is 14.6 Å². The van der Waals surface area contributed by atoms with E-state index in [9.17, 15) is 13.2 Å². The molecule has 0 aliphatic rings. The minimum absolute atomic E-state index is 0.0156. The van der Waals surface area contributed by atoms with Crippen molar-refractivity contribution >= 4 is 15.7 Å². The van der Waals surface area contributed by atoms with E-state index in [0.29, 0.717) is 13.0 Å². The van der Waals surface area contributed by atoms with E-state index in [4.69, 9.17) is 5.73 Å². The fraction of sp³-hybridized carbons (Fsp3) is 0.500. The predicted octanol–water partition coefficient (Wildman–Crippen LogP) is 1.40. The van der Waals surface area contributed by atoms with Gasteiger partial charge in [-0.25, -0.2) is 8.42 Å². The third-order valence-corrected chi connectivity index (χ3v) is 4.17. The van der Waals surface area contributed by atoms with Gasteiger partial charge in [-0.1, -0.05) is 12.1 Å². The average Bonchev–Trinajstić information content (AvgIpc) is 2.38. The van der Waals surface area contributed by atoms with Crippen molar-refractivity contribution in [1.29, 1.82) is 0 Å². The largest absolute Gasteiger partial charge is 0.350 e. The molecule has 1 amide bonds. The molecule has 112 valence electrons. The standard InChI is InChI=1S/C14H22N2O3S/c1-11(16-14(17)5-3-4-10-15)12-6-8-13(9-7-12)20(2,18)19/h6-9,11H,3-5,10,15H2,1-2H3,(H,16,17). The maximum absolute atomic E-state index is 11.7. The highest BCUT2D eigenvalue weighted by atomic mass is 32.2. The number of rotatable bonds is 7. The number of nitrogens with one attached hydrogen (secondary N) is 1. The fourth-order valence-corrected chi connectivity index (χ4v) is 2.46. The highest BCUT2D eigenvalue weighted by Crippen LogP contribution is 2.16. The normalized spacial score (nSPS) is 12.9. The highest BCUT2D eigenvalue weighted by Gasteiger charge is 2.11. The van der Waals surface area contributed by atoms with Crippen LogP contribution in [0, 0.1) is 0 Å². The van der Waals surface area contributed by atoms with Crippen LogP contribution in [0.3, 0.4) is 0 Å². The lowest BCUT2D eigenvalue weighted by atomic mass is 10.1. The van der Waals surface area contributed by atoms with Gasteiger partial charge in [0.1, 0.15) is 0 Å². The number of unbranched alkanes of at least 4 members (excludes halogenated alkanes) is 1. The number of nitrogens with two attached hydrogens (primary N) is 1. The first-order chi connectivity index (χ1) is 9.34. The number of carbonyl (C=O) groups is 1. The van der Waals surface area contributed by atoms with E-state index >= 15 is 0 Å². The molecule has 0 saturated heterocycles. The molecule has 0 fully saturated rings. The van der Waals surface area contributed by atoms with Gasteiger partial charge in [0.15, 0.2) is 9.84 Å². The van der Waals surface area contributed by atoms with E-state index in [1.165, 1.54) is 6.26 Å². The Morgan fingerprint density at radius 1 is 1.25 bits per heavy atom. The van der Waals surface area contributed by atoms with Crippen molar-refractivity contribution in [3.05, 3.63) is 29.8 Å². The second-order valence-corrected chi connectivity index (χ2v) is 6.89. The van der Waals surface area contributed by atoms with Crippen LogP contribution in [0.25, 0.3) is 0 Å². The molecule has 0 saturated carbocycles. The number of amides is 1. The fourth-order valence-electron chi connectivity index (χ4n) is 1.83. The summed E-state index contributed by atoms with van der Waals surface area (Å²) in [5.74, 6) is -0.0156. The molecule has 1 aromatic rings. The summed E-state index contributed by atoms with van der Waals surface area (Å²) in [6.45, 7) is 2.46. The van der Waals surface area contributed by atoms with Crippen molar-refractivity contribution in [1.82, 2.24) is 5.32 Å². The molecule has 0 aromatic heterocycles. The summed E-state index contributed by atoms with van der Waals surface area (Å²) in [5, 5.41) is 2.88. The smallest absolute Gasteiger partial charge is 0.220 e. The van der Waals surface area contributed by atoms with E-state index in [-0.39, 0.29) is 16.8 Å². The lowest BCUT2D eigenvalue weighted by Crippen LogP contribution is -2.26. The molecule has 1 unspecified atom stereocenters. The van der Waals surface area contributed by atoms with Crippen LogP contribution >= 0.6 is 0 Å². The van der Waals surface area contributed by atoms with Gasteiger partial charge in [0.05, 0.1) is 10.9 Å². The van der Waals surface area contributed by atoms with Crippen molar-refractivity contribution in [3.8, 4) is 0 Å². The van der Waals surface area contributed by atoms with Crippen molar-refractivity contribution in [2.45, 2.75) is 37.1 Å². The van der Waals surface area contributed by atoms with Crippen LogP contribution in [0.4, 0.5) is 0 Å². The van der Waals surface area contributed by atoms with E-state index < -0.39 is 9.84 Å². The molecule has 6 heteroatoms. The Labute approximate surface area is 120 Å². The predicted molar refractivity (Wildman–Crippen MR) is 79.0 cm³/mol. The molecule has 5 nitrogen and oxygen atoms in total. The Balaban J connectivity index is 2.60. The topological polar surface area (TPSA) is 89.3 Å². The molecule has 1 rings (SSSR count). The molecule has 0 bridgehead atoms. The van der Waals surface area contributed by atoms with Gasteiger partial charge < -0.3 is 11.1 Å². The van der Waals surface area contributed by atoms with Gasteiger partial charge in [-0.2, -0.15) is 0 Å². The second-order valence-electron chi connectivity index (χ2n) is 4.88. The van der Waals surface area contributed by atoms with Gasteiger partial charge in [-0.15, -0.1) is 0 Å². The number of hydrogen-bond acceptors (Lipinski definition) is 4. The van der Waals surface area contributed by atoms with Gasteiger partial charge in [0, 0.05) is 12.7 Å². The summed E-state index contributed by atoms with van der Waals surface area (Å²) in [7, 11) is -3.18. The zero-order valence-corrected chi connectivity index (χ0v) is 12.7. The van der Waals surface area contributed by atoms with E-state index in [1.807, 2.05) is 6.92 Å². The molecule has 3 N–H and O–H groups in total. The van der Waals surface area contributed by atoms with Crippen molar-refractivity contribution in [2.75, 3.05) is 12.8 Å². The number of hydrogen-bond donors (Lipinski definition) is 2. The average molecular weight is 298 g/mol. The van der Waals surface area contributed by atoms with Crippen LogP contribution in [0.5, 0.6) is 0 Å². The minimum atomic E-state index is -3.18. The first kappa shape index (κ1) is 16.7. The zero-order valence-electron chi connectivity index (χ0n) is 11.9. The van der Waals surface area contributed by atoms with Gasteiger partial charge in [-0.3, -0.25) is 4.79 Å². The van der Waals surface area contributed by atoms with E-state index in [2.05, 4.69) is 5.32 Å². The third kappa shape index (κ3) is 5.30. The molecule has 0 aliphatic carbocycles. The molecule has 0 heterocycles. The molecule has 0 radical (unpaired) electrons. The van der Waals surface area contributed by atoms with Crippen LogP contribution in [0.15, 0.2) is 29.2 Å². The summed E-state index contributed by atoms with van der Waals surface area (Å²) in [5.41, 5.74) is 6.25. The first-order valence-corrected chi connectivity index (χ1v) is 8.53. The molecule has 0 aliphatic heterocycles. The zero-order chi connectivity index (χ0) is 15.2. The SMILES string of the molecule is CC(NC(=O)CCCCN)c1ccc(S(C)(=O)=O)cc1. The van der Waals surface area contributed by atoms with Crippen molar-refractivity contribution < 1.29 is 13.2 Å². The van der Waals surface area contributed by atoms with Crippen molar-refractivity contribution in [2.24, 2.45) is 5.73 Å². The Hall–Kier alpha value is -1.40. The molecule has 20 heavy (non-hydrogen) atoms. The Morgan fingerprint density at radius 3 is 2.35 bits per heavy atom. The van der Waals surface area contributed by atoms with E-state index in [1.54, 1.807) is 24.3 Å². The summed E-state index contributed by atoms with van der Waals surface area (Å²) >= 11 is 0. The number of sulfone groups is 1. The van der Waals surface area contributed by atoms with E-state index in [0.717, 1.165) is 18.4 Å². The Morgan fingerprint density at radius 2 is 1.85 bits per heavy atom. The molecule has 1 aromatic carbocycles. The van der Waals surface area contributed by atoms with Crippen LogP contribution < -0.4 is 11.1 Å². The maximum atomic E-state index is 11.7. The minimum Gasteiger partial charge on any atom is -0.350 e. The monoisotopic (exact) mass is 298 g/mol. The van der Waals surface area contributed by atoms with Gasteiger partial charge in [-0.05, 0) is 44.0 Å². The number of benzene rings is 1. The molecule has 1 atom stereocenters. The Bertz CT molecular complexity index is 538.